The quantitative estimate of drug-likeness (QED) is 0.427. The third kappa shape index (κ3) is 6.62. The molecule has 1 amide bonds. The first-order valence-electron chi connectivity index (χ1n) is 6.41. The molecule has 0 bridgehead atoms. The van der Waals surface area contributed by atoms with Crippen LogP contribution in [0.1, 0.15) is 12.5 Å². The summed E-state index contributed by atoms with van der Waals surface area (Å²) >= 11 is 17.0. The molecule has 0 spiro atoms. The monoisotopic (exact) mass is 361 g/mol. The molecule has 1 aromatic rings. The molecule has 0 saturated heterocycles. The SMILES string of the molecule is COC[C@H](C)NC(=S)NNC(=O)/C=C/c1c(Cl)cccc1Cl. The molecule has 0 aromatic heterocycles. The van der Waals surface area contributed by atoms with E-state index in [-0.39, 0.29) is 11.9 Å². The van der Waals surface area contributed by atoms with Crippen molar-refractivity contribution < 1.29 is 9.53 Å². The zero-order valence-corrected chi connectivity index (χ0v) is 14.5. The fourth-order valence-corrected chi connectivity index (χ4v) is 2.32. The summed E-state index contributed by atoms with van der Waals surface area (Å²) in [5, 5.41) is 4.17. The third-order valence-electron chi connectivity index (χ3n) is 2.49. The normalized spacial score (nSPS) is 12.0. The number of rotatable bonds is 5. The standard InChI is InChI=1S/C14H17Cl2N3O2S/c1-9(8-21-2)17-14(22)19-18-13(20)7-6-10-11(15)4-3-5-12(10)16/h3-7,9H,8H2,1-2H3,(H,18,20)(H2,17,19,22)/b7-6+/t9-/m0/s1. The van der Waals surface area contributed by atoms with E-state index in [4.69, 9.17) is 40.2 Å². The molecule has 0 aliphatic carbocycles. The van der Waals surface area contributed by atoms with Gasteiger partial charge in [0.2, 0.25) is 0 Å². The minimum Gasteiger partial charge on any atom is -0.383 e. The first kappa shape index (κ1) is 18.7. The summed E-state index contributed by atoms with van der Waals surface area (Å²) in [5.74, 6) is -0.389. The number of halogens is 2. The largest absolute Gasteiger partial charge is 0.383 e. The molecule has 0 saturated carbocycles. The van der Waals surface area contributed by atoms with E-state index in [1.807, 2.05) is 6.92 Å². The maximum atomic E-state index is 11.7. The highest BCUT2D eigenvalue weighted by molar-refractivity contribution is 7.80. The van der Waals surface area contributed by atoms with Gasteiger partial charge in [0.1, 0.15) is 0 Å². The number of ether oxygens (including phenoxy) is 1. The first-order chi connectivity index (χ1) is 10.4. The molecule has 3 N–H and O–H groups in total. The maximum absolute atomic E-state index is 11.7. The molecule has 1 atom stereocenters. The number of carbonyl (C=O) groups excluding carboxylic acids is 1. The lowest BCUT2D eigenvalue weighted by atomic mass is 10.2. The van der Waals surface area contributed by atoms with Crippen LogP contribution in [0.2, 0.25) is 10.0 Å². The second-order valence-corrected chi connectivity index (χ2v) is 5.64. The van der Waals surface area contributed by atoms with Crippen molar-refractivity contribution in [1.29, 1.82) is 0 Å². The molecule has 0 unspecified atom stereocenters. The predicted molar refractivity (Wildman–Crippen MR) is 93.8 cm³/mol. The number of methoxy groups -OCH3 is 1. The fourth-order valence-electron chi connectivity index (χ4n) is 1.54. The zero-order chi connectivity index (χ0) is 16.5. The second-order valence-electron chi connectivity index (χ2n) is 4.41. The Morgan fingerprint density at radius 3 is 2.59 bits per heavy atom. The Labute approximate surface area is 145 Å². The minimum absolute atomic E-state index is 0.0272. The van der Waals surface area contributed by atoms with Crippen molar-refractivity contribution in [1.82, 2.24) is 16.2 Å². The van der Waals surface area contributed by atoms with Gasteiger partial charge in [0, 0.05) is 34.8 Å². The summed E-state index contributed by atoms with van der Waals surface area (Å²) in [5.41, 5.74) is 5.60. The molecule has 22 heavy (non-hydrogen) atoms. The molecular formula is C14H17Cl2N3O2S. The summed E-state index contributed by atoms with van der Waals surface area (Å²) in [6, 6.07) is 5.15. The molecule has 0 aliphatic rings. The zero-order valence-electron chi connectivity index (χ0n) is 12.2. The third-order valence-corrected chi connectivity index (χ3v) is 3.37. The summed E-state index contributed by atoms with van der Waals surface area (Å²) in [7, 11) is 1.60. The minimum atomic E-state index is -0.389. The summed E-state index contributed by atoms with van der Waals surface area (Å²) in [6.07, 6.45) is 2.84. The van der Waals surface area contributed by atoms with Crippen LogP contribution in [0.25, 0.3) is 6.08 Å². The summed E-state index contributed by atoms with van der Waals surface area (Å²) < 4.78 is 4.97. The number of nitrogens with one attached hydrogen (secondary N) is 3. The van der Waals surface area contributed by atoms with Crippen LogP contribution in [0.3, 0.4) is 0 Å². The maximum Gasteiger partial charge on any atom is 0.262 e. The van der Waals surface area contributed by atoms with Gasteiger partial charge in [0.25, 0.3) is 5.91 Å². The van der Waals surface area contributed by atoms with Crippen molar-refractivity contribution in [2.45, 2.75) is 13.0 Å². The van der Waals surface area contributed by atoms with Gasteiger partial charge in [-0.05, 0) is 37.4 Å². The van der Waals surface area contributed by atoms with Gasteiger partial charge >= 0.3 is 0 Å². The Morgan fingerprint density at radius 1 is 1.36 bits per heavy atom. The van der Waals surface area contributed by atoms with E-state index in [2.05, 4.69) is 16.2 Å². The van der Waals surface area contributed by atoms with Gasteiger partial charge < -0.3 is 10.1 Å². The number of carbonyl (C=O) groups is 1. The van der Waals surface area contributed by atoms with Crippen LogP contribution in [0.15, 0.2) is 24.3 Å². The van der Waals surface area contributed by atoms with E-state index in [9.17, 15) is 4.79 Å². The second kappa shape index (κ2) is 9.63. The van der Waals surface area contributed by atoms with Crippen molar-refractivity contribution in [2.75, 3.05) is 13.7 Å². The highest BCUT2D eigenvalue weighted by Crippen LogP contribution is 2.25. The van der Waals surface area contributed by atoms with Crippen LogP contribution in [-0.2, 0) is 9.53 Å². The van der Waals surface area contributed by atoms with Gasteiger partial charge in [-0.2, -0.15) is 0 Å². The number of amides is 1. The van der Waals surface area contributed by atoms with Crippen molar-refractivity contribution in [3.63, 3.8) is 0 Å². The molecule has 0 fully saturated rings. The van der Waals surface area contributed by atoms with Crippen LogP contribution >= 0.6 is 35.4 Å². The molecule has 0 heterocycles. The Morgan fingerprint density at radius 2 is 2.00 bits per heavy atom. The van der Waals surface area contributed by atoms with Crippen molar-refractivity contribution in [2.24, 2.45) is 0 Å². The fraction of sp³-hybridized carbons (Fsp3) is 0.286. The summed E-state index contributed by atoms with van der Waals surface area (Å²) in [6.45, 7) is 2.40. The van der Waals surface area contributed by atoms with E-state index in [1.165, 1.54) is 12.2 Å². The van der Waals surface area contributed by atoms with Crippen LogP contribution in [0, 0.1) is 0 Å². The average Bonchev–Trinajstić information content (AvgIpc) is 2.44. The van der Waals surface area contributed by atoms with Gasteiger partial charge in [0.15, 0.2) is 5.11 Å². The number of hydrogen-bond donors (Lipinski definition) is 3. The number of hydrazine groups is 1. The molecular weight excluding hydrogens is 345 g/mol. The average molecular weight is 362 g/mol. The van der Waals surface area contributed by atoms with E-state index in [1.54, 1.807) is 25.3 Å². The van der Waals surface area contributed by atoms with Gasteiger partial charge in [-0.15, -0.1) is 0 Å². The molecule has 1 aromatic carbocycles. The van der Waals surface area contributed by atoms with Crippen LogP contribution in [0.5, 0.6) is 0 Å². The van der Waals surface area contributed by atoms with Crippen molar-refractivity contribution >= 4 is 52.5 Å². The van der Waals surface area contributed by atoms with Gasteiger partial charge in [-0.3, -0.25) is 15.6 Å². The first-order valence-corrected chi connectivity index (χ1v) is 7.58. The highest BCUT2D eigenvalue weighted by atomic mass is 35.5. The van der Waals surface area contributed by atoms with E-state index in [0.29, 0.717) is 27.3 Å². The van der Waals surface area contributed by atoms with Crippen LogP contribution in [0.4, 0.5) is 0 Å². The lowest BCUT2D eigenvalue weighted by molar-refractivity contribution is -0.116. The van der Waals surface area contributed by atoms with Gasteiger partial charge in [0.05, 0.1) is 6.61 Å². The molecule has 0 aliphatic heterocycles. The molecule has 120 valence electrons. The smallest absolute Gasteiger partial charge is 0.262 e. The number of hydrogen-bond acceptors (Lipinski definition) is 3. The van der Waals surface area contributed by atoms with Gasteiger partial charge in [-0.1, -0.05) is 29.3 Å². The molecule has 0 radical (unpaired) electrons. The predicted octanol–water partition coefficient (Wildman–Crippen LogP) is 2.54. The highest BCUT2D eigenvalue weighted by Gasteiger charge is 2.05. The molecule has 8 heteroatoms. The number of benzene rings is 1. The van der Waals surface area contributed by atoms with Crippen LogP contribution < -0.4 is 16.2 Å². The van der Waals surface area contributed by atoms with Crippen molar-refractivity contribution in [3.05, 3.63) is 39.9 Å². The lowest BCUT2D eigenvalue weighted by Crippen LogP contribution is -2.49. The summed E-state index contributed by atoms with van der Waals surface area (Å²) in [4.78, 5) is 11.7. The van der Waals surface area contributed by atoms with Crippen molar-refractivity contribution in [3.8, 4) is 0 Å². The van der Waals surface area contributed by atoms with E-state index >= 15 is 0 Å². The topological polar surface area (TPSA) is 62.4 Å². The Balaban J connectivity index is 2.46. The Kier molecular flexibility index (Phi) is 8.19. The Bertz CT molecular complexity index is 547. The van der Waals surface area contributed by atoms with E-state index < -0.39 is 0 Å². The van der Waals surface area contributed by atoms with Gasteiger partial charge in [-0.25, -0.2) is 0 Å². The Hall–Kier alpha value is -1.34. The number of thiocarbonyl (C=S) groups is 1. The molecule has 5 nitrogen and oxygen atoms in total. The lowest BCUT2D eigenvalue weighted by Gasteiger charge is -2.15. The molecule has 1 rings (SSSR count). The van der Waals surface area contributed by atoms with Crippen LogP contribution in [-0.4, -0.2) is 30.8 Å². The van der Waals surface area contributed by atoms with E-state index in [0.717, 1.165) is 0 Å².